The van der Waals surface area contributed by atoms with Gasteiger partial charge in [0.2, 0.25) is 5.82 Å². The van der Waals surface area contributed by atoms with Gasteiger partial charge < -0.3 is 9.42 Å². The van der Waals surface area contributed by atoms with Gasteiger partial charge in [0.05, 0.1) is 0 Å². The third kappa shape index (κ3) is 5.10. The Morgan fingerprint density at radius 2 is 1.84 bits per heavy atom. The van der Waals surface area contributed by atoms with E-state index >= 15 is 0 Å². The van der Waals surface area contributed by atoms with E-state index in [2.05, 4.69) is 35.2 Å². The van der Waals surface area contributed by atoms with Gasteiger partial charge in [-0.3, -0.25) is 0 Å². The summed E-state index contributed by atoms with van der Waals surface area (Å²) in [6.07, 6.45) is 8.62. The zero-order chi connectivity index (χ0) is 21.8. The molecular weight excluding hydrogens is 389 g/mol. The first-order chi connectivity index (χ1) is 15.0. The average Bonchev–Trinajstić information content (AvgIpc) is 3.22. The van der Waals surface area contributed by atoms with Crippen LogP contribution >= 0.6 is 0 Å². The van der Waals surface area contributed by atoms with Crippen molar-refractivity contribution in [3.05, 3.63) is 77.4 Å². The summed E-state index contributed by atoms with van der Waals surface area (Å²) >= 11 is 0. The molecule has 0 amide bonds. The highest BCUT2D eigenvalue weighted by Crippen LogP contribution is 2.40. The van der Waals surface area contributed by atoms with Gasteiger partial charge in [0, 0.05) is 11.6 Å². The summed E-state index contributed by atoms with van der Waals surface area (Å²) in [4.78, 5) is 6.76. The maximum atomic E-state index is 13.8. The minimum atomic E-state index is -0.161. The van der Waals surface area contributed by atoms with Gasteiger partial charge in [0.15, 0.2) is 0 Å². The van der Waals surface area contributed by atoms with Crippen molar-refractivity contribution in [2.45, 2.75) is 38.6 Å². The smallest absolute Gasteiger partial charge is 0.250 e. The number of benzene rings is 2. The first-order valence-electron chi connectivity index (χ1n) is 11.0. The van der Waals surface area contributed by atoms with E-state index in [-0.39, 0.29) is 11.9 Å². The van der Waals surface area contributed by atoms with Crippen LogP contribution in [0.2, 0.25) is 0 Å². The van der Waals surface area contributed by atoms with E-state index in [0.717, 1.165) is 42.4 Å². The molecule has 1 aromatic heterocycles. The van der Waals surface area contributed by atoms with Crippen LogP contribution in [0.4, 0.5) is 4.39 Å². The van der Waals surface area contributed by atoms with E-state index in [1.54, 1.807) is 6.07 Å². The second-order valence-corrected chi connectivity index (χ2v) is 8.77. The monoisotopic (exact) mass is 419 g/mol. The van der Waals surface area contributed by atoms with E-state index < -0.39 is 0 Å². The van der Waals surface area contributed by atoms with Crippen LogP contribution < -0.4 is 0 Å². The summed E-state index contributed by atoms with van der Waals surface area (Å²) in [5.74, 6) is 2.04. The standard InChI is InChI=1S/C26H30FN3O/c1-18-7-4-5-10-23(18)26-28-24(31-29-26)16-13-19-11-14-20(15-12-19)25(30(2)3)21-8-6-9-22(27)17-21/h4-10,13,16-17,19-20,25H,11-12,14-15H2,1-3H3/b16-13+. The number of rotatable bonds is 6. The fraction of sp³-hybridized carbons (Fsp3) is 0.385. The molecular formula is C26H30FN3O. The van der Waals surface area contributed by atoms with Gasteiger partial charge in [-0.05, 0) is 87.9 Å². The van der Waals surface area contributed by atoms with Crippen molar-refractivity contribution in [1.82, 2.24) is 15.0 Å². The summed E-state index contributed by atoms with van der Waals surface area (Å²) in [7, 11) is 4.17. The fourth-order valence-electron chi connectivity index (χ4n) is 4.79. The molecule has 0 radical (unpaired) electrons. The molecule has 4 rings (SSSR count). The molecule has 0 aliphatic heterocycles. The van der Waals surface area contributed by atoms with E-state index in [9.17, 15) is 4.39 Å². The second-order valence-electron chi connectivity index (χ2n) is 8.77. The highest BCUT2D eigenvalue weighted by molar-refractivity contribution is 5.60. The Hall–Kier alpha value is -2.79. The molecule has 0 saturated heterocycles. The zero-order valence-corrected chi connectivity index (χ0v) is 18.5. The van der Waals surface area contributed by atoms with Crippen molar-refractivity contribution in [1.29, 1.82) is 0 Å². The molecule has 1 aliphatic rings. The normalized spacial score (nSPS) is 20.4. The number of aryl methyl sites for hydroxylation is 1. The second kappa shape index (κ2) is 9.56. The highest BCUT2D eigenvalue weighted by Gasteiger charge is 2.29. The SMILES string of the molecule is Cc1ccccc1-c1noc(/C=C/C2CCC(C(c3cccc(F)c3)N(C)C)CC2)n1. The van der Waals surface area contributed by atoms with Crippen LogP contribution in [0.25, 0.3) is 17.5 Å². The van der Waals surface area contributed by atoms with Gasteiger partial charge in [-0.2, -0.15) is 4.98 Å². The van der Waals surface area contributed by atoms with Gasteiger partial charge >= 0.3 is 0 Å². The number of allylic oxidation sites excluding steroid dienone is 1. The summed E-state index contributed by atoms with van der Waals surface area (Å²) in [5, 5.41) is 4.13. The molecule has 3 aromatic rings. The molecule has 1 saturated carbocycles. The quantitative estimate of drug-likeness (QED) is 0.470. The minimum absolute atomic E-state index is 0.161. The van der Waals surface area contributed by atoms with Crippen LogP contribution in [-0.4, -0.2) is 29.1 Å². The van der Waals surface area contributed by atoms with Gasteiger partial charge in [-0.15, -0.1) is 0 Å². The molecule has 0 N–H and O–H groups in total. The Labute approximate surface area is 183 Å². The first-order valence-corrected chi connectivity index (χ1v) is 11.0. The van der Waals surface area contributed by atoms with E-state index in [0.29, 0.717) is 23.6 Å². The van der Waals surface area contributed by atoms with Gasteiger partial charge in [0.1, 0.15) is 5.82 Å². The molecule has 1 atom stereocenters. The summed E-state index contributed by atoms with van der Waals surface area (Å²) in [6.45, 7) is 2.05. The molecule has 1 unspecified atom stereocenters. The lowest BCUT2D eigenvalue weighted by Crippen LogP contribution is -2.30. The topological polar surface area (TPSA) is 42.2 Å². The summed E-state index contributed by atoms with van der Waals surface area (Å²) in [6, 6.07) is 15.3. The Bertz CT molecular complexity index is 1030. The predicted molar refractivity (Wildman–Crippen MR) is 122 cm³/mol. The molecule has 5 heteroatoms. The number of halogens is 1. The third-order valence-electron chi connectivity index (χ3n) is 6.35. The molecule has 1 fully saturated rings. The van der Waals surface area contributed by atoms with Gasteiger partial charge in [0.25, 0.3) is 5.89 Å². The lowest BCUT2D eigenvalue weighted by molar-refractivity contribution is 0.159. The highest BCUT2D eigenvalue weighted by atomic mass is 19.1. The van der Waals surface area contributed by atoms with Crippen molar-refractivity contribution in [3.8, 4) is 11.4 Å². The number of nitrogens with zero attached hydrogens (tertiary/aromatic N) is 3. The number of hydrogen-bond donors (Lipinski definition) is 0. The third-order valence-corrected chi connectivity index (χ3v) is 6.35. The fourth-order valence-corrected chi connectivity index (χ4v) is 4.79. The van der Waals surface area contributed by atoms with Crippen LogP contribution in [-0.2, 0) is 0 Å². The number of aromatic nitrogens is 2. The minimum Gasteiger partial charge on any atom is -0.334 e. The van der Waals surface area contributed by atoms with Gasteiger partial charge in [-0.25, -0.2) is 4.39 Å². The maximum absolute atomic E-state index is 13.8. The molecule has 31 heavy (non-hydrogen) atoms. The van der Waals surface area contributed by atoms with Crippen LogP contribution in [0, 0.1) is 24.6 Å². The maximum Gasteiger partial charge on any atom is 0.250 e. The molecule has 2 aromatic carbocycles. The van der Waals surface area contributed by atoms with Crippen molar-refractivity contribution in [2.24, 2.45) is 11.8 Å². The Kier molecular flexibility index (Phi) is 6.62. The Morgan fingerprint density at radius 1 is 1.06 bits per heavy atom. The molecule has 0 bridgehead atoms. The lowest BCUT2D eigenvalue weighted by Gasteiger charge is -2.37. The number of hydrogen-bond acceptors (Lipinski definition) is 4. The molecule has 4 nitrogen and oxygen atoms in total. The van der Waals surface area contributed by atoms with Crippen LogP contribution in [0.3, 0.4) is 0 Å². The van der Waals surface area contributed by atoms with E-state index in [1.807, 2.05) is 49.4 Å². The first kappa shape index (κ1) is 21.4. The predicted octanol–water partition coefficient (Wildman–Crippen LogP) is 6.31. The van der Waals surface area contributed by atoms with Crippen molar-refractivity contribution in [3.63, 3.8) is 0 Å². The average molecular weight is 420 g/mol. The zero-order valence-electron chi connectivity index (χ0n) is 18.5. The van der Waals surface area contributed by atoms with E-state index in [4.69, 9.17) is 4.52 Å². The largest absolute Gasteiger partial charge is 0.334 e. The lowest BCUT2D eigenvalue weighted by atomic mass is 9.76. The Morgan fingerprint density at radius 3 is 2.55 bits per heavy atom. The summed E-state index contributed by atoms with van der Waals surface area (Å²) < 4.78 is 19.2. The van der Waals surface area contributed by atoms with Crippen molar-refractivity contribution in [2.75, 3.05) is 14.1 Å². The summed E-state index contributed by atoms with van der Waals surface area (Å²) in [5.41, 5.74) is 3.20. The molecule has 1 heterocycles. The van der Waals surface area contributed by atoms with Crippen LogP contribution in [0.5, 0.6) is 0 Å². The molecule has 162 valence electrons. The molecule has 1 aliphatic carbocycles. The van der Waals surface area contributed by atoms with E-state index in [1.165, 1.54) is 6.07 Å². The van der Waals surface area contributed by atoms with Crippen molar-refractivity contribution < 1.29 is 8.91 Å². The molecule has 0 spiro atoms. The van der Waals surface area contributed by atoms with Crippen molar-refractivity contribution >= 4 is 6.08 Å². The van der Waals surface area contributed by atoms with Crippen LogP contribution in [0.15, 0.2) is 59.1 Å². The van der Waals surface area contributed by atoms with Crippen LogP contribution in [0.1, 0.15) is 48.7 Å². The Balaban J connectivity index is 1.38. The van der Waals surface area contributed by atoms with Gasteiger partial charge in [-0.1, -0.05) is 47.6 Å².